The summed E-state index contributed by atoms with van der Waals surface area (Å²) in [6.45, 7) is 3.96. The van der Waals surface area contributed by atoms with Crippen LogP contribution in [-0.4, -0.2) is 28.0 Å². The maximum atomic E-state index is 12.0. The quantitative estimate of drug-likeness (QED) is 0.732. The van der Waals surface area contributed by atoms with E-state index in [1.54, 1.807) is 0 Å². The molecule has 0 saturated carbocycles. The summed E-state index contributed by atoms with van der Waals surface area (Å²) in [6.07, 6.45) is 1.49. The molecule has 0 radical (unpaired) electrons. The van der Waals surface area contributed by atoms with Gasteiger partial charge in [-0.2, -0.15) is 0 Å². The number of carbonyl (C=O) groups is 2. The van der Waals surface area contributed by atoms with Crippen molar-refractivity contribution in [3.8, 4) is 0 Å². The first kappa shape index (κ1) is 17.7. The van der Waals surface area contributed by atoms with Crippen molar-refractivity contribution in [3.63, 3.8) is 0 Å². The Morgan fingerprint density at radius 3 is 2.38 bits per heavy atom. The number of nitrogens with one attached hydrogen (secondary N) is 2. The predicted molar refractivity (Wildman–Crippen MR) is 92.5 cm³/mol. The maximum absolute atomic E-state index is 12.0. The van der Waals surface area contributed by atoms with Gasteiger partial charge in [0.15, 0.2) is 0 Å². The number of carbonyl (C=O) groups excluding carboxylic acids is 2. The van der Waals surface area contributed by atoms with Crippen LogP contribution >= 0.6 is 0 Å². The molecule has 2 amide bonds. The standard InChI is InChI=1S/C18H23N3O3/c1-12-6-4-7-13(2)16(12)20-18(24)17(23)19-10-9-15(22)14-8-5-11-21(14)3/h4-8,11,15,22H,9-10H2,1-3H3,(H,19,23)(H,20,24). The van der Waals surface area contributed by atoms with Crippen LogP contribution in [0.2, 0.25) is 0 Å². The molecular formula is C18H23N3O3. The lowest BCUT2D eigenvalue weighted by molar-refractivity contribution is -0.136. The molecule has 0 saturated heterocycles. The zero-order valence-corrected chi connectivity index (χ0v) is 14.2. The number of rotatable bonds is 5. The van der Waals surface area contributed by atoms with Gasteiger partial charge in [0.05, 0.1) is 6.10 Å². The molecule has 0 fully saturated rings. The van der Waals surface area contributed by atoms with Crippen molar-refractivity contribution in [2.24, 2.45) is 7.05 Å². The van der Waals surface area contributed by atoms with Crippen molar-refractivity contribution in [1.29, 1.82) is 0 Å². The molecule has 1 aromatic carbocycles. The second kappa shape index (κ2) is 7.79. The number of anilines is 1. The van der Waals surface area contributed by atoms with E-state index in [9.17, 15) is 14.7 Å². The van der Waals surface area contributed by atoms with E-state index in [4.69, 9.17) is 0 Å². The molecule has 0 spiro atoms. The fourth-order valence-corrected chi connectivity index (χ4v) is 2.55. The van der Waals surface area contributed by atoms with Crippen LogP contribution in [0.4, 0.5) is 5.69 Å². The number of aryl methyl sites for hydroxylation is 3. The summed E-state index contributed by atoms with van der Waals surface area (Å²) in [4.78, 5) is 23.9. The van der Waals surface area contributed by atoms with Gasteiger partial charge >= 0.3 is 11.8 Å². The summed E-state index contributed by atoms with van der Waals surface area (Å²) in [7, 11) is 1.84. The van der Waals surface area contributed by atoms with Crippen LogP contribution in [0.1, 0.15) is 29.3 Å². The first-order valence-electron chi connectivity index (χ1n) is 7.85. The molecule has 0 aliphatic heterocycles. The lowest BCUT2D eigenvalue weighted by Crippen LogP contribution is -2.36. The molecule has 1 heterocycles. The highest BCUT2D eigenvalue weighted by Gasteiger charge is 2.16. The summed E-state index contributed by atoms with van der Waals surface area (Å²) >= 11 is 0. The zero-order chi connectivity index (χ0) is 17.7. The number of para-hydroxylation sites is 1. The van der Waals surface area contributed by atoms with E-state index in [2.05, 4.69) is 10.6 Å². The van der Waals surface area contributed by atoms with E-state index >= 15 is 0 Å². The van der Waals surface area contributed by atoms with Crippen molar-refractivity contribution < 1.29 is 14.7 Å². The largest absolute Gasteiger partial charge is 0.387 e. The normalized spacial score (nSPS) is 11.8. The van der Waals surface area contributed by atoms with Gasteiger partial charge < -0.3 is 20.3 Å². The molecule has 0 bridgehead atoms. The summed E-state index contributed by atoms with van der Waals surface area (Å²) in [5, 5.41) is 15.2. The Kier molecular flexibility index (Phi) is 5.76. The summed E-state index contributed by atoms with van der Waals surface area (Å²) in [6, 6.07) is 9.30. The number of aromatic nitrogens is 1. The number of benzene rings is 1. The van der Waals surface area contributed by atoms with E-state index in [0.29, 0.717) is 12.1 Å². The zero-order valence-electron chi connectivity index (χ0n) is 14.2. The van der Waals surface area contributed by atoms with Crippen LogP contribution in [0.3, 0.4) is 0 Å². The van der Waals surface area contributed by atoms with Crippen LogP contribution in [0, 0.1) is 13.8 Å². The third kappa shape index (κ3) is 4.23. The second-order valence-corrected chi connectivity index (χ2v) is 5.83. The Labute approximate surface area is 141 Å². The molecule has 1 atom stereocenters. The molecule has 1 aromatic heterocycles. The fraction of sp³-hybridized carbons (Fsp3) is 0.333. The topological polar surface area (TPSA) is 83.4 Å². The van der Waals surface area contributed by atoms with E-state index < -0.39 is 17.9 Å². The minimum absolute atomic E-state index is 0.214. The number of aliphatic hydroxyl groups is 1. The molecule has 2 rings (SSSR count). The third-order valence-corrected chi connectivity index (χ3v) is 3.95. The minimum Gasteiger partial charge on any atom is -0.387 e. The highest BCUT2D eigenvalue weighted by molar-refractivity contribution is 6.39. The maximum Gasteiger partial charge on any atom is 0.313 e. The van der Waals surface area contributed by atoms with Gasteiger partial charge in [-0.3, -0.25) is 9.59 Å². The molecule has 128 valence electrons. The second-order valence-electron chi connectivity index (χ2n) is 5.83. The van der Waals surface area contributed by atoms with Crippen LogP contribution in [0.15, 0.2) is 36.5 Å². The Balaban J connectivity index is 1.84. The summed E-state index contributed by atoms with van der Waals surface area (Å²) in [5.41, 5.74) is 3.22. The lowest BCUT2D eigenvalue weighted by atomic mass is 10.1. The van der Waals surface area contributed by atoms with Gasteiger partial charge in [0, 0.05) is 31.2 Å². The monoisotopic (exact) mass is 329 g/mol. The molecule has 3 N–H and O–H groups in total. The highest BCUT2D eigenvalue weighted by Crippen LogP contribution is 2.19. The van der Waals surface area contributed by atoms with Gasteiger partial charge in [-0.15, -0.1) is 0 Å². The first-order valence-corrected chi connectivity index (χ1v) is 7.85. The molecule has 24 heavy (non-hydrogen) atoms. The highest BCUT2D eigenvalue weighted by atomic mass is 16.3. The van der Waals surface area contributed by atoms with Gasteiger partial charge in [-0.1, -0.05) is 18.2 Å². The molecule has 0 aliphatic rings. The number of hydrogen-bond acceptors (Lipinski definition) is 3. The van der Waals surface area contributed by atoms with Crippen LogP contribution in [-0.2, 0) is 16.6 Å². The van der Waals surface area contributed by atoms with Crippen molar-refractivity contribution in [3.05, 3.63) is 53.3 Å². The molecular weight excluding hydrogens is 306 g/mol. The number of nitrogens with zero attached hydrogens (tertiary/aromatic N) is 1. The van der Waals surface area contributed by atoms with Crippen LogP contribution in [0.25, 0.3) is 0 Å². The van der Waals surface area contributed by atoms with Gasteiger partial charge in [0.1, 0.15) is 0 Å². The van der Waals surface area contributed by atoms with Crippen LogP contribution < -0.4 is 10.6 Å². The van der Waals surface area contributed by atoms with Crippen LogP contribution in [0.5, 0.6) is 0 Å². The van der Waals surface area contributed by atoms with Gasteiger partial charge in [-0.05, 0) is 43.5 Å². The molecule has 0 aliphatic carbocycles. The predicted octanol–water partition coefficient (Wildman–Crippen LogP) is 1.82. The number of aliphatic hydroxyl groups excluding tert-OH is 1. The average Bonchev–Trinajstić information content (AvgIpc) is 2.96. The Bertz CT molecular complexity index is 717. The summed E-state index contributed by atoms with van der Waals surface area (Å²) in [5.74, 6) is -1.42. The van der Waals surface area contributed by atoms with Crippen molar-refractivity contribution in [2.45, 2.75) is 26.4 Å². The minimum atomic E-state index is -0.711. The molecule has 6 heteroatoms. The molecule has 1 unspecified atom stereocenters. The number of amides is 2. The van der Waals surface area contributed by atoms with Gasteiger partial charge in [-0.25, -0.2) is 0 Å². The van der Waals surface area contributed by atoms with Crippen molar-refractivity contribution in [1.82, 2.24) is 9.88 Å². The Hall–Kier alpha value is -2.60. The van der Waals surface area contributed by atoms with E-state index in [0.717, 1.165) is 16.8 Å². The Morgan fingerprint density at radius 2 is 1.79 bits per heavy atom. The Morgan fingerprint density at radius 1 is 1.12 bits per heavy atom. The van der Waals surface area contributed by atoms with Gasteiger partial charge in [0.25, 0.3) is 0 Å². The number of hydrogen-bond donors (Lipinski definition) is 3. The first-order chi connectivity index (χ1) is 11.4. The average molecular weight is 329 g/mol. The van der Waals surface area contributed by atoms with Crippen molar-refractivity contribution in [2.75, 3.05) is 11.9 Å². The van der Waals surface area contributed by atoms with E-state index in [1.165, 1.54) is 0 Å². The van der Waals surface area contributed by atoms with Crippen molar-refractivity contribution >= 4 is 17.5 Å². The van der Waals surface area contributed by atoms with E-state index in [1.807, 2.05) is 62.0 Å². The lowest BCUT2D eigenvalue weighted by Gasteiger charge is -2.13. The fourth-order valence-electron chi connectivity index (χ4n) is 2.55. The third-order valence-electron chi connectivity index (χ3n) is 3.95. The van der Waals surface area contributed by atoms with E-state index in [-0.39, 0.29) is 6.54 Å². The smallest absolute Gasteiger partial charge is 0.313 e. The summed E-state index contributed by atoms with van der Waals surface area (Å²) < 4.78 is 1.82. The SMILES string of the molecule is Cc1cccc(C)c1NC(=O)C(=O)NCCC(O)c1cccn1C. The molecule has 2 aromatic rings. The van der Waals surface area contributed by atoms with Gasteiger partial charge in [0.2, 0.25) is 0 Å². The molecule has 6 nitrogen and oxygen atoms in total.